The summed E-state index contributed by atoms with van der Waals surface area (Å²) in [6, 6.07) is 0. The van der Waals surface area contributed by atoms with E-state index in [1.807, 2.05) is 21.1 Å². The minimum absolute atomic E-state index is 0.146. The maximum absolute atomic E-state index is 12.9. The molecule has 0 N–H and O–H groups in total. The predicted octanol–water partition coefficient (Wildman–Crippen LogP) is 18.3. The molecule has 0 saturated heterocycles. The highest BCUT2D eigenvalue weighted by Gasteiger charge is 2.22. The quantitative estimate of drug-likeness (QED) is 0.0195. The number of unbranched alkanes of at least 4 members (excludes halogenated alkanes) is 40. The molecule has 0 aromatic carbocycles. The summed E-state index contributed by atoms with van der Waals surface area (Å²) in [5, 5.41) is 11.8. The minimum atomic E-state index is -1.62. The summed E-state index contributed by atoms with van der Waals surface area (Å²) < 4.78 is 22.7. The van der Waals surface area contributed by atoms with Crippen LogP contribution >= 0.6 is 0 Å². The number of hydrogen-bond acceptors (Lipinski definition) is 8. The first-order valence-electron chi connectivity index (χ1n) is 32.6. The monoisotopic (exact) mass is 1070 g/mol. The third-order valence-corrected chi connectivity index (χ3v) is 14.6. The molecule has 0 saturated carbocycles. The predicted molar refractivity (Wildman–Crippen MR) is 320 cm³/mol. The van der Waals surface area contributed by atoms with Gasteiger partial charge in [-0.3, -0.25) is 9.59 Å². The molecule has 0 radical (unpaired) electrons. The molecular formula is C67H125NO8. The van der Waals surface area contributed by atoms with Gasteiger partial charge in [0.25, 0.3) is 0 Å². The fraction of sp³-hybridized carbons (Fsp3) is 0.866. The van der Waals surface area contributed by atoms with Gasteiger partial charge in [-0.05, 0) is 51.4 Å². The van der Waals surface area contributed by atoms with E-state index in [4.69, 9.17) is 18.9 Å². The standard InChI is InChI=1S/C67H125NO8/c1-6-8-10-12-14-16-18-20-22-24-26-28-29-30-31-32-33-34-35-36-38-39-41-43-45-47-49-51-53-55-57-64(69)74-61-63(62-75-67(66(71)72)73-60-59-68(3,4)5)76-65(70)58-56-54-52-50-48-46-44-42-40-37-27-25-23-21-19-17-15-13-11-9-7-2/h19,21,25,27,40,42,63,67H,6-18,20,22-24,26,28-39,41,43-62H2,1-5H3/b21-19-,27-25-,42-40-. The van der Waals surface area contributed by atoms with Crippen LogP contribution in [0.1, 0.15) is 316 Å². The van der Waals surface area contributed by atoms with Crippen molar-refractivity contribution in [1.29, 1.82) is 0 Å². The molecule has 0 aliphatic rings. The van der Waals surface area contributed by atoms with Crippen molar-refractivity contribution in [3.8, 4) is 0 Å². The Labute approximate surface area is 470 Å². The molecule has 0 fully saturated rings. The van der Waals surface area contributed by atoms with Crippen LogP contribution in [0.3, 0.4) is 0 Å². The highest BCUT2D eigenvalue weighted by Crippen LogP contribution is 2.18. The number of quaternary nitrogens is 1. The number of carboxylic acid groups (broad SMARTS) is 1. The average molecular weight is 1070 g/mol. The summed E-state index contributed by atoms with van der Waals surface area (Å²) in [4.78, 5) is 37.4. The van der Waals surface area contributed by atoms with Gasteiger partial charge in [0, 0.05) is 12.8 Å². The first-order valence-corrected chi connectivity index (χ1v) is 32.6. The zero-order valence-corrected chi connectivity index (χ0v) is 50.9. The van der Waals surface area contributed by atoms with Crippen LogP contribution in [-0.4, -0.2) is 82.3 Å². The van der Waals surface area contributed by atoms with Gasteiger partial charge in [-0.1, -0.05) is 288 Å². The second-order valence-corrected chi connectivity index (χ2v) is 23.4. The van der Waals surface area contributed by atoms with E-state index in [-0.39, 0.29) is 32.2 Å². The van der Waals surface area contributed by atoms with Crippen LogP contribution in [0.2, 0.25) is 0 Å². The molecule has 0 aliphatic heterocycles. The molecule has 0 amide bonds. The smallest absolute Gasteiger partial charge is 0.306 e. The van der Waals surface area contributed by atoms with Crippen molar-refractivity contribution >= 4 is 17.9 Å². The molecule has 0 aromatic rings. The number of likely N-dealkylation sites (N-methyl/N-ethyl adjacent to an activating group) is 1. The van der Waals surface area contributed by atoms with E-state index >= 15 is 0 Å². The van der Waals surface area contributed by atoms with Crippen molar-refractivity contribution in [3.05, 3.63) is 36.5 Å². The van der Waals surface area contributed by atoms with Crippen LogP contribution in [0.15, 0.2) is 36.5 Å². The number of esters is 2. The first kappa shape index (κ1) is 73.5. The Morgan fingerprint density at radius 3 is 1.05 bits per heavy atom. The summed E-state index contributed by atoms with van der Waals surface area (Å²) in [7, 11) is 5.93. The van der Waals surface area contributed by atoms with Crippen LogP contribution < -0.4 is 5.11 Å². The Hall–Kier alpha value is -2.49. The molecule has 0 spiro atoms. The zero-order chi connectivity index (χ0) is 55.5. The summed E-state index contributed by atoms with van der Waals surface area (Å²) in [6.45, 7) is 4.77. The topological polar surface area (TPSA) is 111 Å². The van der Waals surface area contributed by atoms with Gasteiger partial charge in [0.2, 0.25) is 0 Å². The lowest BCUT2D eigenvalue weighted by atomic mass is 10.0. The van der Waals surface area contributed by atoms with Crippen molar-refractivity contribution in [2.45, 2.75) is 328 Å². The zero-order valence-electron chi connectivity index (χ0n) is 50.9. The van der Waals surface area contributed by atoms with Crippen LogP contribution in [-0.2, 0) is 33.3 Å². The highest BCUT2D eigenvalue weighted by atomic mass is 16.7. The van der Waals surface area contributed by atoms with Gasteiger partial charge in [0.1, 0.15) is 13.2 Å². The number of ether oxygens (including phenoxy) is 4. The summed E-state index contributed by atoms with van der Waals surface area (Å²) in [5.74, 6) is -2.28. The number of carbonyl (C=O) groups excluding carboxylic acids is 3. The Balaban J connectivity index is 4.11. The third kappa shape index (κ3) is 59.2. The van der Waals surface area contributed by atoms with Crippen molar-refractivity contribution < 1.29 is 42.9 Å². The van der Waals surface area contributed by atoms with Crippen molar-refractivity contribution in [3.63, 3.8) is 0 Å². The SMILES string of the molecule is CCCCCCC/C=C\C/C=C\C/C=C\CCCCCCCCC(=O)OC(COC(=O)CCCCCCCCCCCCCCCCCCCCCCCCCCCCCCCC)COC(OCC[N+](C)(C)C)C(=O)[O-]. The Bertz CT molecular complexity index is 1340. The number of nitrogens with zero attached hydrogens (tertiary/aromatic N) is 1. The molecule has 446 valence electrons. The number of rotatable bonds is 61. The maximum atomic E-state index is 12.9. The maximum Gasteiger partial charge on any atom is 0.306 e. The van der Waals surface area contributed by atoms with Crippen molar-refractivity contribution in [2.75, 3.05) is 47.5 Å². The van der Waals surface area contributed by atoms with E-state index in [1.54, 1.807) is 0 Å². The average Bonchev–Trinajstić information content (AvgIpc) is 3.39. The van der Waals surface area contributed by atoms with Gasteiger partial charge in [-0.2, -0.15) is 0 Å². The molecule has 9 nitrogen and oxygen atoms in total. The van der Waals surface area contributed by atoms with Gasteiger partial charge in [0.15, 0.2) is 12.4 Å². The van der Waals surface area contributed by atoms with Gasteiger partial charge < -0.3 is 33.3 Å². The van der Waals surface area contributed by atoms with E-state index in [0.29, 0.717) is 23.9 Å². The van der Waals surface area contributed by atoms with Gasteiger partial charge >= 0.3 is 11.9 Å². The Morgan fingerprint density at radius 1 is 0.395 bits per heavy atom. The molecule has 9 heteroatoms. The van der Waals surface area contributed by atoms with Crippen LogP contribution in [0.4, 0.5) is 0 Å². The van der Waals surface area contributed by atoms with E-state index in [1.165, 1.54) is 212 Å². The molecule has 0 bridgehead atoms. The number of aliphatic carboxylic acids is 1. The number of hydrogen-bond donors (Lipinski definition) is 0. The molecule has 0 rings (SSSR count). The largest absolute Gasteiger partial charge is 0.545 e. The summed E-state index contributed by atoms with van der Waals surface area (Å²) in [5.41, 5.74) is 0. The molecule has 0 heterocycles. The second-order valence-electron chi connectivity index (χ2n) is 23.4. The van der Waals surface area contributed by atoms with Crippen molar-refractivity contribution in [2.24, 2.45) is 0 Å². The lowest BCUT2D eigenvalue weighted by Gasteiger charge is -2.26. The highest BCUT2D eigenvalue weighted by molar-refractivity contribution is 5.70. The normalized spacial score (nSPS) is 12.9. The van der Waals surface area contributed by atoms with Crippen LogP contribution in [0.25, 0.3) is 0 Å². The lowest BCUT2D eigenvalue weighted by Crippen LogP contribution is -2.44. The van der Waals surface area contributed by atoms with E-state index in [9.17, 15) is 19.5 Å². The van der Waals surface area contributed by atoms with Gasteiger partial charge in [-0.15, -0.1) is 0 Å². The number of carboxylic acids is 1. The minimum Gasteiger partial charge on any atom is -0.545 e. The Morgan fingerprint density at radius 2 is 0.711 bits per heavy atom. The van der Waals surface area contributed by atoms with Gasteiger partial charge in [0.05, 0.1) is 40.3 Å². The van der Waals surface area contributed by atoms with Crippen LogP contribution in [0, 0.1) is 0 Å². The second kappa shape index (κ2) is 58.7. The van der Waals surface area contributed by atoms with Gasteiger partial charge in [-0.25, -0.2) is 0 Å². The molecular weight excluding hydrogens is 947 g/mol. The van der Waals surface area contributed by atoms with E-state index < -0.39 is 24.3 Å². The van der Waals surface area contributed by atoms with E-state index in [0.717, 1.165) is 70.6 Å². The molecule has 0 aromatic heterocycles. The van der Waals surface area contributed by atoms with E-state index in [2.05, 4.69) is 50.3 Å². The van der Waals surface area contributed by atoms with Crippen LogP contribution in [0.5, 0.6) is 0 Å². The molecule has 0 aliphatic carbocycles. The summed E-state index contributed by atoms with van der Waals surface area (Å²) >= 11 is 0. The number of carbonyl (C=O) groups is 3. The fourth-order valence-electron chi connectivity index (χ4n) is 9.61. The first-order chi connectivity index (χ1) is 37.1. The molecule has 2 unspecified atom stereocenters. The fourth-order valence-corrected chi connectivity index (χ4v) is 9.61. The Kier molecular flexibility index (Phi) is 56.7. The van der Waals surface area contributed by atoms with Crippen molar-refractivity contribution in [1.82, 2.24) is 0 Å². The lowest BCUT2D eigenvalue weighted by molar-refractivity contribution is -0.870. The summed E-state index contributed by atoms with van der Waals surface area (Å²) in [6.07, 6.45) is 69.3. The third-order valence-electron chi connectivity index (χ3n) is 14.6. The molecule has 76 heavy (non-hydrogen) atoms. The molecule has 2 atom stereocenters. The number of allylic oxidation sites excluding steroid dienone is 6.